The van der Waals surface area contributed by atoms with E-state index in [2.05, 4.69) is 11.6 Å². The van der Waals surface area contributed by atoms with E-state index in [4.69, 9.17) is 5.11 Å². The van der Waals surface area contributed by atoms with Crippen LogP contribution in [-0.2, 0) is 15.0 Å². The van der Waals surface area contributed by atoms with E-state index in [0.717, 1.165) is 36.4 Å². The molecule has 19 heavy (non-hydrogen) atoms. The lowest BCUT2D eigenvalue weighted by Crippen LogP contribution is -2.52. The van der Waals surface area contributed by atoms with Crippen LogP contribution in [0, 0.1) is 5.41 Å². The predicted molar refractivity (Wildman–Crippen MR) is 70.9 cm³/mol. The lowest BCUT2D eigenvalue weighted by Gasteiger charge is -2.32. The van der Waals surface area contributed by atoms with Crippen LogP contribution in [0.2, 0.25) is 0 Å². The number of rotatable bonds is 6. The summed E-state index contributed by atoms with van der Waals surface area (Å²) in [5.41, 5.74) is 0.113. The zero-order valence-electron chi connectivity index (χ0n) is 11.3. The third-order valence-electron chi connectivity index (χ3n) is 4.38. The Morgan fingerprint density at radius 2 is 2.11 bits per heavy atom. The van der Waals surface area contributed by atoms with Gasteiger partial charge in [-0.25, -0.2) is 4.72 Å². The van der Waals surface area contributed by atoms with Crippen LogP contribution in [0.5, 0.6) is 0 Å². The average molecular weight is 290 g/mol. The fraction of sp³-hybridized carbons (Fsp3) is 0.917. The molecule has 110 valence electrons. The number of carboxylic acids is 1. The quantitative estimate of drug-likeness (QED) is 0.762. The fourth-order valence-electron chi connectivity index (χ4n) is 2.60. The molecule has 1 atom stereocenters. The molecule has 1 saturated heterocycles. The third-order valence-corrected chi connectivity index (χ3v) is 5.95. The van der Waals surface area contributed by atoms with Crippen LogP contribution in [0.3, 0.4) is 0 Å². The summed E-state index contributed by atoms with van der Waals surface area (Å²) in [4.78, 5) is 11.1. The monoisotopic (exact) mass is 290 g/mol. The molecule has 2 fully saturated rings. The van der Waals surface area contributed by atoms with Crippen molar-refractivity contribution < 1.29 is 18.3 Å². The van der Waals surface area contributed by atoms with Crippen molar-refractivity contribution >= 4 is 16.2 Å². The molecule has 0 aromatic rings. The highest BCUT2D eigenvalue weighted by molar-refractivity contribution is 7.87. The van der Waals surface area contributed by atoms with E-state index >= 15 is 0 Å². The molecule has 1 heterocycles. The van der Waals surface area contributed by atoms with Crippen LogP contribution in [0.1, 0.15) is 45.4 Å². The van der Waals surface area contributed by atoms with Crippen molar-refractivity contribution in [2.45, 2.75) is 51.5 Å². The van der Waals surface area contributed by atoms with Gasteiger partial charge in [0.25, 0.3) is 10.2 Å². The van der Waals surface area contributed by atoms with Crippen LogP contribution in [0.15, 0.2) is 0 Å². The Balaban J connectivity index is 2.02. The van der Waals surface area contributed by atoms with Crippen molar-refractivity contribution in [1.29, 1.82) is 0 Å². The molecule has 6 nitrogen and oxygen atoms in total. The molecule has 0 aromatic heterocycles. The van der Waals surface area contributed by atoms with E-state index in [1.807, 2.05) is 0 Å². The van der Waals surface area contributed by atoms with E-state index in [0.29, 0.717) is 19.5 Å². The molecule has 0 amide bonds. The Bertz CT molecular complexity index is 445. The predicted octanol–water partition coefficient (Wildman–Crippen LogP) is 0.950. The number of piperidine rings is 1. The third kappa shape index (κ3) is 3.27. The first-order chi connectivity index (χ1) is 8.90. The molecule has 0 aromatic carbocycles. The first-order valence-electron chi connectivity index (χ1n) is 6.89. The van der Waals surface area contributed by atoms with Gasteiger partial charge in [-0.15, -0.1) is 0 Å². The summed E-state index contributed by atoms with van der Waals surface area (Å²) >= 11 is 0. The SMILES string of the molecule is CCC1(CNS(=O)(=O)N2CCCCC2C(=O)O)CC1. The van der Waals surface area contributed by atoms with Gasteiger partial charge in [0.2, 0.25) is 0 Å². The lowest BCUT2D eigenvalue weighted by atomic mass is 10.1. The van der Waals surface area contributed by atoms with E-state index in [1.165, 1.54) is 0 Å². The minimum absolute atomic E-state index is 0.113. The van der Waals surface area contributed by atoms with Gasteiger partial charge in [0.05, 0.1) is 0 Å². The second-order valence-corrected chi connectivity index (χ2v) is 7.35. The van der Waals surface area contributed by atoms with Crippen molar-refractivity contribution in [2.75, 3.05) is 13.1 Å². The summed E-state index contributed by atoms with van der Waals surface area (Å²) in [6, 6.07) is -0.914. The van der Waals surface area contributed by atoms with Crippen LogP contribution in [-0.4, -0.2) is 42.9 Å². The van der Waals surface area contributed by atoms with Gasteiger partial charge in [0.1, 0.15) is 6.04 Å². The zero-order chi connectivity index (χ0) is 14.1. The summed E-state index contributed by atoms with van der Waals surface area (Å²) in [6.45, 7) is 2.78. The highest BCUT2D eigenvalue weighted by Gasteiger charge is 2.43. The maximum absolute atomic E-state index is 12.2. The van der Waals surface area contributed by atoms with Gasteiger partial charge in [-0.1, -0.05) is 6.92 Å². The summed E-state index contributed by atoms with van der Waals surface area (Å²) in [6.07, 6.45) is 4.95. The largest absolute Gasteiger partial charge is 0.480 e. The summed E-state index contributed by atoms with van der Waals surface area (Å²) in [7, 11) is -3.68. The molecule has 1 aliphatic heterocycles. The molecule has 2 N–H and O–H groups in total. The second-order valence-electron chi connectivity index (χ2n) is 5.64. The standard InChI is InChI=1S/C12H22N2O4S/c1-2-12(6-7-12)9-13-19(17,18)14-8-4-3-5-10(14)11(15)16/h10,13H,2-9H2,1H3,(H,15,16). The Hall–Kier alpha value is -0.660. The average Bonchev–Trinajstić information content (AvgIpc) is 3.17. The highest BCUT2D eigenvalue weighted by atomic mass is 32.2. The molecule has 0 bridgehead atoms. The summed E-state index contributed by atoms with van der Waals surface area (Å²) in [5.74, 6) is -1.05. The van der Waals surface area contributed by atoms with Gasteiger partial charge in [-0.2, -0.15) is 12.7 Å². The number of aliphatic carboxylic acids is 1. The number of nitrogens with zero attached hydrogens (tertiary/aromatic N) is 1. The topological polar surface area (TPSA) is 86.7 Å². The van der Waals surface area contributed by atoms with Gasteiger partial charge in [-0.3, -0.25) is 4.79 Å². The van der Waals surface area contributed by atoms with Crippen LogP contribution >= 0.6 is 0 Å². The normalized spacial score (nSPS) is 27.1. The number of nitrogens with one attached hydrogen (secondary N) is 1. The van der Waals surface area contributed by atoms with Gasteiger partial charge < -0.3 is 5.11 Å². The smallest absolute Gasteiger partial charge is 0.322 e. The Labute approximate surface area is 114 Å². The molecule has 2 rings (SSSR count). The Morgan fingerprint density at radius 1 is 1.42 bits per heavy atom. The number of carboxylic acid groups (broad SMARTS) is 1. The van der Waals surface area contributed by atoms with E-state index in [9.17, 15) is 13.2 Å². The van der Waals surface area contributed by atoms with Crippen LogP contribution in [0.25, 0.3) is 0 Å². The maximum Gasteiger partial charge on any atom is 0.322 e. The molecule has 2 aliphatic rings. The fourth-order valence-corrected chi connectivity index (χ4v) is 4.15. The van der Waals surface area contributed by atoms with Gasteiger partial charge in [0, 0.05) is 13.1 Å². The number of carbonyl (C=O) groups is 1. The molecule has 1 unspecified atom stereocenters. The molecule has 7 heteroatoms. The van der Waals surface area contributed by atoms with Gasteiger partial charge in [0.15, 0.2) is 0 Å². The first-order valence-corrected chi connectivity index (χ1v) is 8.33. The van der Waals surface area contributed by atoms with Gasteiger partial charge in [-0.05, 0) is 43.9 Å². The van der Waals surface area contributed by atoms with Crippen molar-refractivity contribution in [1.82, 2.24) is 9.03 Å². The van der Waals surface area contributed by atoms with Crippen molar-refractivity contribution in [3.63, 3.8) is 0 Å². The number of hydrogen-bond acceptors (Lipinski definition) is 3. The second kappa shape index (κ2) is 5.38. The van der Waals surface area contributed by atoms with Crippen LogP contribution in [0.4, 0.5) is 0 Å². The zero-order valence-corrected chi connectivity index (χ0v) is 12.1. The minimum Gasteiger partial charge on any atom is -0.480 e. The maximum atomic E-state index is 12.2. The van der Waals surface area contributed by atoms with E-state index in [1.54, 1.807) is 0 Å². The molecular formula is C12H22N2O4S. The lowest BCUT2D eigenvalue weighted by molar-refractivity contribution is -0.142. The molecule has 0 spiro atoms. The van der Waals surface area contributed by atoms with Crippen molar-refractivity contribution in [2.24, 2.45) is 5.41 Å². The summed E-state index contributed by atoms with van der Waals surface area (Å²) < 4.78 is 28.2. The first kappa shape index (κ1) is 14.7. The Morgan fingerprint density at radius 3 is 2.63 bits per heavy atom. The minimum atomic E-state index is -3.68. The van der Waals surface area contributed by atoms with Gasteiger partial charge >= 0.3 is 5.97 Å². The molecule has 0 radical (unpaired) electrons. The molecule has 1 saturated carbocycles. The number of hydrogen-bond donors (Lipinski definition) is 2. The highest BCUT2D eigenvalue weighted by Crippen LogP contribution is 2.48. The van der Waals surface area contributed by atoms with Crippen molar-refractivity contribution in [3.05, 3.63) is 0 Å². The molecular weight excluding hydrogens is 268 g/mol. The van der Waals surface area contributed by atoms with Crippen molar-refractivity contribution in [3.8, 4) is 0 Å². The van der Waals surface area contributed by atoms with E-state index < -0.39 is 22.2 Å². The Kier molecular flexibility index (Phi) is 4.17. The van der Waals surface area contributed by atoms with E-state index in [-0.39, 0.29) is 5.41 Å². The molecule has 1 aliphatic carbocycles. The summed E-state index contributed by atoms with van der Waals surface area (Å²) in [5, 5.41) is 9.12. The van der Waals surface area contributed by atoms with Crippen LogP contribution < -0.4 is 4.72 Å².